The van der Waals surface area contributed by atoms with Crippen molar-refractivity contribution in [2.24, 2.45) is 4.99 Å². The minimum Gasteiger partial charge on any atom is -0.357 e. The topological polar surface area (TPSA) is 88.4 Å². The van der Waals surface area contributed by atoms with E-state index >= 15 is 0 Å². The standard InChI is InChI=1S/C22H27N5O2S/c1-2-23-22(25-16-18-30(28,29)21-7-4-3-5-8-21)24-15-13-19-9-11-20(12-10-19)27-17-6-14-26-27/h3-12,14,17H,2,13,15-16,18H2,1H3,(H2,23,24,25). The van der Waals surface area contributed by atoms with Gasteiger partial charge in [-0.15, -0.1) is 0 Å². The van der Waals surface area contributed by atoms with E-state index < -0.39 is 9.84 Å². The molecule has 0 radical (unpaired) electrons. The van der Waals surface area contributed by atoms with Gasteiger partial charge in [0.05, 0.1) is 22.9 Å². The first-order valence-electron chi connectivity index (χ1n) is 9.97. The van der Waals surface area contributed by atoms with Crippen molar-refractivity contribution < 1.29 is 8.42 Å². The molecule has 0 amide bonds. The third-order valence-corrected chi connectivity index (χ3v) is 6.20. The molecular weight excluding hydrogens is 398 g/mol. The Hall–Kier alpha value is -3.13. The highest BCUT2D eigenvalue weighted by atomic mass is 32.2. The lowest BCUT2D eigenvalue weighted by atomic mass is 10.1. The van der Waals surface area contributed by atoms with Gasteiger partial charge < -0.3 is 10.6 Å². The minimum atomic E-state index is -3.33. The summed E-state index contributed by atoms with van der Waals surface area (Å²) in [5.74, 6) is 0.594. The number of aromatic nitrogens is 2. The second-order valence-corrected chi connectivity index (χ2v) is 8.80. The molecule has 3 rings (SSSR count). The summed E-state index contributed by atoms with van der Waals surface area (Å²) in [5.41, 5.74) is 2.21. The molecule has 2 N–H and O–H groups in total. The Morgan fingerprint density at radius 2 is 1.80 bits per heavy atom. The van der Waals surface area contributed by atoms with Crippen molar-refractivity contribution in [2.75, 3.05) is 25.4 Å². The summed E-state index contributed by atoms with van der Waals surface area (Å²) in [6.07, 6.45) is 4.49. The summed E-state index contributed by atoms with van der Waals surface area (Å²) in [5, 5.41) is 10.6. The normalized spacial score (nSPS) is 12.0. The van der Waals surface area contributed by atoms with E-state index in [0.29, 0.717) is 23.9 Å². The van der Waals surface area contributed by atoms with Gasteiger partial charge in [-0.3, -0.25) is 4.99 Å². The van der Waals surface area contributed by atoms with Crippen molar-refractivity contribution in [3.8, 4) is 5.69 Å². The van der Waals surface area contributed by atoms with E-state index in [1.165, 1.54) is 5.56 Å². The SMILES string of the molecule is CCNC(=NCCS(=O)(=O)c1ccccc1)NCCc1ccc(-n2cccn2)cc1. The number of hydrogen-bond acceptors (Lipinski definition) is 4. The predicted octanol–water partition coefficient (Wildman–Crippen LogP) is 2.44. The van der Waals surface area contributed by atoms with Gasteiger partial charge in [-0.2, -0.15) is 5.10 Å². The lowest BCUT2D eigenvalue weighted by molar-refractivity contribution is 0.596. The van der Waals surface area contributed by atoms with Crippen LogP contribution in [0.5, 0.6) is 0 Å². The van der Waals surface area contributed by atoms with Crippen molar-refractivity contribution >= 4 is 15.8 Å². The Morgan fingerprint density at radius 3 is 2.47 bits per heavy atom. The van der Waals surface area contributed by atoms with E-state index in [-0.39, 0.29) is 12.3 Å². The van der Waals surface area contributed by atoms with E-state index in [1.54, 1.807) is 36.5 Å². The summed E-state index contributed by atoms with van der Waals surface area (Å²) in [4.78, 5) is 4.74. The zero-order chi connectivity index (χ0) is 21.2. The highest BCUT2D eigenvalue weighted by molar-refractivity contribution is 7.91. The number of hydrogen-bond donors (Lipinski definition) is 2. The molecule has 1 heterocycles. The van der Waals surface area contributed by atoms with Gasteiger partial charge in [0, 0.05) is 25.5 Å². The summed E-state index contributed by atoms with van der Waals surface area (Å²) in [6.45, 7) is 3.57. The maximum absolute atomic E-state index is 12.4. The monoisotopic (exact) mass is 425 g/mol. The zero-order valence-electron chi connectivity index (χ0n) is 17.0. The van der Waals surface area contributed by atoms with E-state index in [4.69, 9.17) is 0 Å². The molecule has 30 heavy (non-hydrogen) atoms. The van der Waals surface area contributed by atoms with E-state index in [2.05, 4.69) is 32.9 Å². The Bertz CT molecular complexity index is 1030. The van der Waals surface area contributed by atoms with E-state index in [1.807, 2.05) is 36.0 Å². The molecule has 1 aromatic heterocycles. The second kappa shape index (κ2) is 10.6. The largest absolute Gasteiger partial charge is 0.357 e. The molecule has 158 valence electrons. The molecule has 0 aliphatic heterocycles. The molecule has 0 saturated heterocycles. The van der Waals surface area contributed by atoms with Gasteiger partial charge in [0.1, 0.15) is 0 Å². The lowest BCUT2D eigenvalue weighted by Crippen LogP contribution is -2.38. The fourth-order valence-electron chi connectivity index (χ4n) is 2.93. The number of nitrogens with zero attached hydrogens (tertiary/aromatic N) is 3. The van der Waals surface area contributed by atoms with Crippen LogP contribution in [-0.2, 0) is 16.3 Å². The maximum atomic E-state index is 12.4. The molecule has 0 bridgehead atoms. The molecule has 0 aliphatic rings. The van der Waals surface area contributed by atoms with E-state index in [0.717, 1.165) is 12.1 Å². The van der Waals surface area contributed by atoms with Crippen LogP contribution in [0.15, 0.2) is 82.9 Å². The van der Waals surface area contributed by atoms with Crippen LogP contribution >= 0.6 is 0 Å². The van der Waals surface area contributed by atoms with Gasteiger partial charge >= 0.3 is 0 Å². The van der Waals surface area contributed by atoms with Gasteiger partial charge in [0.15, 0.2) is 15.8 Å². The summed E-state index contributed by atoms with van der Waals surface area (Å²) in [6, 6.07) is 18.6. The summed E-state index contributed by atoms with van der Waals surface area (Å²) in [7, 11) is -3.33. The van der Waals surface area contributed by atoms with Crippen molar-refractivity contribution in [3.05, 3.63) is 78.6 Å². The van der Waals surface area contributed by atoms with Gasteiger partial charge in [0.2, 0.25) is 0 Å². The zero-order valence-corrected chi connectivity index (χ0v) is 17.8. The van der Waals surface area contributed by atoms with Crippen LogP contribution < -0.4 is 10.6 Å². The molecule has 3 aromatic rings. The Morgan fingerprint density at radius 1 is 1.03 bits per heavy atom. The third kappa shape index (κ3) is 6.18. The van der Waals surface area contributed by atoms with Gasteiger partial charge in [0.25, 0.3) is 0 Å². The van der Waals surface area contributed by atoms with Crippen molar-refractivity contribution in [2.45, 2.75) is 18.2 Å². The van der Waals surface area contributed by atoms with Gasteiger partial charge in [-0.25, -0.2) is 13.1 Å². The molecule has 0 spiro atoms. The van der Waals surface area contributed by atoms with Crippen LogP contribution in [0.2, 0.25) is 0 Å². The number of nitrogens with one attached hydrogen (secondary N) is 2. The maximum Gasteiger partial charge on any atom is 0.191 e. The fourth-order valence-corrected chi connectivity index (χ4v) is 4.07. The van der Waals surface area contributed by atoms with Crippen LogP contribution in [-0.4, -0.2) is 49.5 Å². The predicted molar refractivity (Wildman–Crippen MR) is 120 cm³/mol. The third-order valence-electron chi connectivity index (χ3n) is 4.49. The van der Waals surface area contributed by atoms with Crippen molar-refractivity contribution in [1.82, 2.24) is 20.4 Å². The Kier molecular flexibility index (Phi) is 7.62. The number of sulfone groups is 1. The van der Waals surface area contributed by atoms with Crippen LogP contribution in [0.25, 0.3) is 5.69 Å². The van der Waals surface area contributed by atoms with Crippen LogP contribution in [0.4, 0.5) is 0 Å². The molecule has 0 aliphatic carbocycles. The van der Waals surface area contributed by atoms with Crippen LogP contribution in [0.1, 0.15) is 12.5 Å². The number of guanidine groups is 1. The molecule has 0 unspecified atom stereocenters. The molecule has 2 aromatic carbocycles. The first-order valence-corrected chi connectivity index (χ1v) is 11.6. The minimum absolute atomic E-state index is 0.0253. The summed E-state index contributed by atoms with van der Waals surface area (Å²) >= 11 is 0. The van der Waals surface area contributed by atoms with Crippen molar-refractivity contribution in [1.29, 1.82) is 0 Å². The molecule has 0 saturated carbocycles. The average Bonchev–Trinajstić information content (AvgIpc) is 3.30. The second-order valence-electron chi connectivity index (χ2n) is 6.69. The smallest absolute Gasteiger partial charge is 0.191 e. The first kappa shape index (κ1) is 21.6. The lowest BCUT2D eigenvalue weighted by Gasteiger charge is -2.12. The van der Waals surface area contributed by atoms with Gasteiger partial charge in [-0.1, -0.05) is 30.3 Å². The highest BCUT2D eigenvalue weighted by Gasteiger charge is 2.13. The Balaban J connectivity index is 1.50. The quantitative estimate of drug-likeness (QED) is 0.406. The Labute approximate surface area is 177 Å². The molecule has 0 fully saturated rings. The van der Waals surface area contributed by atoms with Crippen LogP contribution in [0, 0.1) is 0 Å². The first-order chi connectivity index (χ1) is 14.6. The summed E-state index contributed by atoms with van der Waals surface area (Å²) < 4.78 is 26.6. The number of aliphatic imine (C=N–C) groups is 1. The number of benzene rings is 2. The van der Waals surface area contributed by atoms with Crippen molar-refractivity contribution in [3.63, 3.8) is 0 Å². The van der Waals surface area contributed by atoms with Crippen LogP contribution in [0.3, 0.4) is 0 Å². The number of rotatable bonds is 9. The molecular formula is C22H27N5O2S. The molecule has 7 nitrogen and oxygen atoms in total. The van der Waals surface area contributed by atoms with Gasteiger partial charge in [-0.05, 0) is 49.2 Å². The molecule has 8 heteroatoms. The van der Waals surface area contributed by atoms with E-state index in [9.17, 15) is 8.42 Å². The molecule has 0 atom stereocenters. The fraction of sp³-hybridized carbons (Fsp3) is 0.273. The average molecular weight is 426 g/mol. The highest BCUT2D eigenvalue weighted by Crippen LogP contribution is 2.10.